The van der Waals surface area contributed by atoms with Crippen LogP contribution in [0.5, 0.6) is 0 Å². The molecule has 22 heavy (non-hydrogen) atoms. The fourth-order valence-corrected chi connectivity index (χ4v) is 2.34. The number of carbonyl (C=O) groups is 1. The Labute approximate surface area is 129 Å². The summed E-state index contributed by atoms with van der Waals surface area (Å²) in [6, 6.07) is 12.1. The lowest BCUT2D eigenvalue weighted by Crippen LogP contribution is -2.30. The first-order valence-corrected chi connectivity index (χ1v) is 7.28. The Morgan fingerprint density at radius 3 is 2.41 bits per heavy atom. The van der Waals surface area contributed by atoms with Gasteiger partial charge in [0.25, 0.3) is 5.91 Å². The molecule has 0 spiro atoms. The van der Waals surface area contributed by atoms with Crippen LogP contribution in [0.25, 0.3) is 0 Å². The molecule has 2 aromatic carbocycles. The summed E-state index contributed by atoms with van der Waals surface area (Å²) >= 11 is 0. The number of halogens is 2. The predicted octanol–water partition coefficient (Wildman–Crippen LogP) is 4.48. The molecule has 1 amide bonds. The van der Waals surface area contributed by atoms with Gasteiger partial charge in [-0.15, -0.1) is 0 Å². The van der Waals surface area contributed by atoms with Gasteiger partial charge in [-0.3, -0.25) is 4.79 Å². The average molecular weight is 303 g/mol. The highest BCUT2D eigenvalue weighted by Crippen LogP contribution is 2.22. The van der Waals surface area contributed by atoms with E-state index >= 15 is 0 Å². The molecule has 0 saturated carbocycles. The SMILES string of the molecule is CC(C)C[C@@H](NC(=O)c1cc(F)ccc1F)c1ccccc1. The standard InChI is InChI=1S/C18H19F2NO/c1-12(2)10-17(13-6-4-3-5-7-13)21-18(22)15-11-14(19)8-9-16(15)20/h3-9,11-12,17H,10H2,1-2H3,(H,21,22)/t17-/m1/s1. The smallest absolute Gasteiger partial charge is 0.254 e. The topological polar surface area (TPSA) is 29.1 Å². The first-order valence-electron chi connectivity index (χ1n) is 7.28. The maximum atomic E-state index is 13.7. The minimum absolute atomic E-state index is 0.239. The van der Waals surface area contributed by atoms with Gasteiger partial charge in [0.05, 0.1) is 11.6 Å². The summed E-state index contributed by atoms with van der Waals surface area (Å²) in [4.78, 5) is 12.3. The maximum absolute atomic E-state index is 13.7. The minimum atomic E-state index is -0.727. The molecule has 0 saturated heterocycles. The van der Waals surface area contributed by atoms with Gasteiger partial charge in [0, 0.05) is 0 Å². The van der Waals surface area contributed by atoms with Crippen LogP contribution in [-0.2, 0) is 0 Å². The average Bonchev–Trinajstić information content (AvgIpc) is 2.49. The van der Waals surface area contributed by atoms with Gasteiger partial charge in [-0.2, -0.15) is 0 Å². The Morgan fingerprint density at radius 1 is 1.09 bits per heavy atom. The molecule has 0 aromatic heterocycles. The zero-order valence-electron chi connectivity index (χ0n) is 12.6. The summed E-state index contributed by atoms with van der Waals surface area (Å²) in [5.74, 6) is -1.61. The van der Waals surface area contributed by atoms with Gasteiger partial charge in [0.15, 0.2) is 0 Å². The summed E-state index contributed by atoms with van der Waals surface area (Å²) in [5.41, 5.74) is 0.672. The number of hydrogen-bond donors (Lipinski definition) is 1. The molecule has 2 aromatic rings. The Hall–Kier alpha value is -2.23. The van der Waals surface area contributed by atoms with Crippen LogP contribution >= 0.6 is 0 Å². The van der Waals surface area contributed by atoms with Crippen molar-refractivity contribution < 1.29 is 13.6 Å². The summed E-state index contributed by atoms with van der Waals surface area (Å²) in [5, 5.41) is 2.80. The van der Waals surface area contributed by atoms with E-state index in [2.05, 4.69) is 5.32 Å². The van der Waals surface area contributed by atoms with Gasteiger partial charge in [0.1, 0.15) is 11.6 Å². The highest BCUT2D eigenvalue weighted by Gasteiger charge is 2.19. The van der Waals surface area contributed by atoms with Crippen molar-refractivity contribution in [1.82, 2.24) is 5.32 Å². The monoisotopic (exact) mass is 303 g/mol. The Kier molecular flexibility index (Phi) is 5.26. The lowest BCUT2D eigenvalue weighted by atomic mass is 9.96. The van der Waals surface area contributed by atoms with E-state index in [9.17, 15) is 13.6 Å². The third-order valence-corrected chi connectivity index (χ3v) is 3.39. The van der Waals surface area contributed by atoms with Crippen molar-refractivity contribution in [3.8, 4) is 0 Å². The minimum Gasteiger partial charge on any atom is -0.345 e. The van der Waals surface area contributed by atoms with Crippen LogP contribution in [0.4, 0.5) is 8.78 Å². The van der Waals surface area contributed by atoms with Crippen LogP contribution in [0.1, 0.15) is 42.2 Å². The van der Waals surface area contributed by atoms with Gasteiger partial charge < -0.3 is 5.32 Å². The highest BCUT2D eigenvalue weighted by molar-refractivity contribution is 5.94. The third-order valence-electron chi connectivity index (χ3n) is 3.39. The van der Waals surface area contributed by atoms with Gasteiger partial charge in [-0.25, -0.2) is 8.78 Å². The maximum Gasteiger partial charge on any atom is 0.254 e. The van der Waals surface area contributed by atoms with Crippen molar-refractivity contribution >= 4 is 5.91 Å². The van der Waals surface area contributed by atoms with E-state index in [0.29, 0.717) is 12.3 Å². The fourth-order valence-electron chi connectivity index (χ4n) is 2.34. The van der Waals surface area contributed by atoms with Gasteiger partial charge in [-0.05, 0) is 36.1 Å². The van der Waals surface area contributed by atoms with E-state index in [1.165, 1.54) is 0 Å². The predicted molar refractivity (Wildman–Crippen MR) is 82.5 cm³/mol. The highest BCUT2D eigenvalue weighted by atomic mass is 19.1. The second kappa shape index (κ2) is 7.16. The van der Waals surface area contributed by atoms with Crippen LogP contribution < -0.4 is 5.32 Å². The molecule has 0 unspecified atom stereocenters. The van der Waals surface area contributed by atoms with Crippen molar-refractivity contribution in [1.29, 1.82) is 0 Å². The van der Waals surface area contributed by atoms with Crippen molar-refractivity contribution in [3.63, 3.8) is 0 Å². The van der Waals surface area contributed by atoms with Gasteiger partial charge in [0.2, 0.25) is 0 Å². The van der Waals surface area contributed by atoms with Crippen LogP contribution in [-0.4, -0.2) is 5.91 Å². The number of rotatable bonds is 5. The summed E-state index contributed by atoms with van der Waals surface area (Å²) in [6.45, 7) is 4.09. The molecule has 0 aliphatic carbocycles. The second-order valence-electron chi connectivity index (χ2n) is 5.69. The number of benzene rings is 2. The van der Waals surface area contributed by atoms with Crippen LogP contribution in [0, 0.1) is 17.6 Å². The largest absolute Gasteiger partial charge is 0.345 e. The second-order valence-corrected chi connectivity index (χ2v) is 5.69. The molecule has 116 valence electrons. The van der Waals surface area contributed by atoms with Crippen molar-refractivity contribution in [2.75, 3.05) is 0 Å². The van der Waals surface area contributed by atoms with E-state index in [-0.39, 0.29) is 11.6 Å². The van der Waals surface area contributed by atoms with Crippen LogP contribution in [0.2, 0.25) is 0 Å². The molecule has 2 rings (SSSR count). The number of nitrogens with one attached hydrogen (secondary N) is 1. The molecule has 1 atom stereocenters. The Morgan fingerprint density at radius 2 is 1.77 bits per heavy atom. The molecular weight excluding hydrogens is 284 g/mol. The number of hydrogen-bond acceptors (Lipinski definition) is 1. The molecule has 0 bridgehead atoms. The molecule has 0 aliphatic heterocycles. The lowest BCUT2D eigenvalue weighted by Gasteiger charge is -2.21. The lowest BCUT2D eigenvalue weighted by molar-refractivity contribution is 0.0927. The molecule has 0 aliphatic rings. The molecule has 0 heterocycles. The van der Waals surface area contributed by atoms with Crippen molar-refractivity contribution in [3.05, 3.63) is 71.3 Å². The quantitative estimate of drug-likeness (QED) is 0.867. The van der Waals surface area contributed by atoms with Crippen LogP contribution in [0.15, 0.2) is 48.5 Å². The summed E-state index contributed by atoms with van der Waals surface area (Å²) in [6.07, 6.45) is 0.715. The summed E-state index contributed by atoms with van der Waals surface area (Å²) in [7, 11) is 0. The fraction of sp³-hybridized carbons (Fsp3) is 0.278. The van der Waals surface area contributed by atoms with E-state index in [1.807, 2.05) is 44.2 Å². The Balaban J connectivity index is 2.23. The van der Waals surface area contributed by atoms with Gasteiger partial charge in [-0.1, -0.05) is 44.2 Å². The number of carbonyl (C=O) groups excluding carboxylic acids is 1. The first kappa shape index (κ1) is 16.1. The van der Waals surface area contributed by atoms with Crippen LogP contribution in [0.3, 0.4) is 0 Å². The molecule has 2 nitrogen and oxygen atoms in total. The van der Waals surface area contributed by atoms with Gasteiger partial charge >= 0.3 is 0 Å². The number of amides is 1. The third kappa shape index (κ3) is 4.13. The van der Waals surface area contributed by atoms with Crippen molar-refractivity contribution in [2.24, 2.45) is 5.92 Å². The molecule has 0 fully saturated rings. The van der Waals surface area contributed by atoms with E-state index < -0.39 is 17.5 Å². The van der Waals surface area contributed by atoms with E-state index in [1.54, 1.807) is 0 Å². The zero-order valence-corrected chi connectivity index (χ0v) is 12.6. The normalized spacial score (nSPS) is 12.2. The summed E-state index contributed by atoms with van der Waals surface area (Å²) < 4.78 is 26.9. The zero-order chi connectivity index (χ0) is 16.1. The van der Waals surface area contributed by atoms with Crippen molar-refractivity contribution in [2.45, 2.75) is 26.3 Å². The molecular formula is C18H19F2NO. The molecule has 0 radical (unpaired) electrons. The van der Waals surface area contributed by atoms with E-state index in [4.69, 9.17) is 0 Å². The molecule has 1 N–H and O–H groups in total. The Bertz CT molecular complexity index is 641. The molecule has 4 heteroatoms. The van der Waals surface area contributed by atoms with E-state index in [0.717, 1.165) is 23.8 Å². The first-order chi connectivity index (χ1) is 10.5.